The number of rotatable bonds is 5. The minimum atomic E-state index is 0.280. The number of imidazole rings is 1. The van der Waals surface area contributed by atoms with Gasteiger partial charge in [0.15, 0.2) is 0 Å². The average Bonchev–Trinajstić information content (AvgIpc) is 2.82. The molecule has 5 heteroatoms. The molecule has 0 aromatic carbocycles. The summed E-state index contributed by atoms with van der Waals surface area (Å²) in [6.45, 7) is 3.06. The fraction of sp³-hybridized carbons (Fsp3) is 0.625. The van der Waals surface area contributed by atoms with E-state index in [1.165, 1.54) is 25.7 Å². The highest BCUT2D eigenvalue weighted by Gasteiger charge is 2.17. The minimum absolute atomic E-state index is 0.280. The molecule has 1 saturated carbocycles. The maximum absolute atomic E-state index is 6.19. The molecule has 1 N–H and O–H groups in total. The standard InChI is InChI=1S/C16H24N4O/c1-2-9-17-14-12-20-11-10-18-15(20)16(19-14)21-13-7-5-3-4-6-8-13/h10-13,17H,2-9H2,1H3. The molecule has 0 unspecified atom stereocenters. The molecular formula is C16H24N4O. The van der Waals surface area contributed by atoms with Crippen LogP contribution in [-0.4, -0.2) is 27.0 Å². The largest absolute Gasteiger partial charge is 0.472 e. The third-order valence-electron chi connectivity index (χ3n) is 3.98. The second-order valence-electron chi connectivity index (χ2n) is 5.75. The number of anilines is 1. The molecule has 0 radical (unpaired) electrons. The lowest BCUT2D eigenvalue weighted by atomic mass is 10.1. The van der Waals surface area contributed by atoms with Crippen molar-refractivity contribution in [2.45, 2.75) is 58.0 Å². The van der Waals surface area contributed by atoms with Gasteiger partial charge >= 0.3 is 0 Å². The molecule has 2 aromatic rings. The Morgan fingerprint density at radius 3 is 2.86 bits per heavy atom. The van der Waals surface area contributed by atoms with Crippen molar-refractivity contribution in [1.82, 2.24) is 14.4 Å². The van der Waals surface area contributed by atoms with Gasteiger partial charge in [-0.05, 0) is 32.1 Å². The molecule has 0 aliphatic heterocycles. The van der Waals surface area contributed by atoms with Gasteiger partial charge in [0.2, 0.25) is 5.65 Å². The summed E-state index contributed by atoms with van der Waals surface area (Å²) in [5.74, 6) is 1.51. The Morgan fingerprint density at radius 2 is 2.10 bits per heavy atom. The van der Waals surface area contributed by atoms with Crippen LogP contribution in [-0.2, 0) is 0 Å². The van der Waals surface area contributed by atoms with Crippen molar-refractivity contribution in [3.05, 3.63) is 18.6 Å². The maximum Gasteiger partial charge on any atom is 0.260 e. The number of ether oxygens (including phenoxy) is 1. The van der Waals surface area contributed by atoms with E-state index in [-0.39, 0.29) is 6.10 Å². The van der Waals surface area contributed by atoms with Crippen LogP contribution in [0.4, 0.5) is 5.82 Å². The number of nitrogens with one attached hydrogen (secondary N) is 1. The van der Waals surface area contributed by atoms with E-state index in [1.54, 1.807) is 6.20 Å². The summed E-state index contributed by atoms with van der Waals surface area (Å²) in [4.78, 5) is 9.00. The van der Waals surface area contributed by atoms with E-state index in [4.69, 9.17) is 4.74 Å². The van der Waals surface area contributed by atoms with Crippen LogP contribution in [0.2, 0.25) is 0 Å². The predicted molar refractivity (Wildman–Crippen MR) is 83.9 cm³/mol. The lowest BCUT2D eigenvalue weighted by Gasteiger charge is -2.17. The van der Waals surface area contributed by atoms with Gasteiger partial charge in [-0.25, -0.2) is 4.98 Å². The van der Waals surface area contributed by atoms with E-state index in [9.17, 15) is 0 Å². The van der Waals surface area contributed by atoms with E-state index in [1.807, 2.05) is 16.8 Å². The first kappa shape index (κ1) is 14.2. The molecule has 1 aliphatic carbocycles. The summed E-state index contributed by atoms with van der Waals surface area (Å²) in [6.07, 6.45) is 14.5. The quantitative estimate of drug-likeness (QED) is 0.853. The first-order valence-electron chi connectivity index (χ1n) is 8.11. The zero-order valence-electron chi connectivity index (χ0n) is 12.7. The van der Waals surface area contributed by atoms with Crippen LogP contribution >= 0.6 is 0 Å². The van der Waals surface area contributed by atoms with E-state index < -0.39 is 0 Å². The fourth-order valence-corrected chi connectivity index (χ4v) is 2.84. The molecule has 2 heterocycles. The van der Waals surface area contributed by atoms with Crippen molar-refractivity contribution in [1.29, 1.82) is 0 Å². The molecule has 0 spiro atoms. The van der Waals surface area contributed by atoms with Crippen LogP contribution in [0.1, 0.15) is 51.9 Å². The van der Waals surface area contributed by atoms with Crippen molar-refractivity contribution >= 4 is 11.5 Å². The van der Waals surface area contributed by atoms with Gasteiger partial charge in [0.05, 0.1) is 6.20 Å². The van der Waals surface area contributed by atoms with Gasteiger partial charge in [-0.3, -0.25) is 4.40 Å². The lowest BCUT2D eigenvalue weighted by Crippen LogP contribution is -2.17. The Balaban J connectivity index is 1.82. The van der Waals surface area contributed by atoms with Crippen molar-refractivity contribution in [2.24, 2.45) is 0 Å². The monoisotopic (exact) mass is 288 g/mol. The third-order valence-corrected chi connectivity index (χ3v) is 3.98. The maximum atomic E-state index is 6.19. The summed E-state index contributed by atoms with van der Waals surface area (Å²) in [6, 6.07) is 0. The molecule has 3 rings (SSSR count). The zero-order chi connectivity index (χ0) is 14.5. The summed E-state index contributed by atoms with van der Waals surface area (Å²) in [7, 11) is 0. The normalized spacial score (nSPS) is 16.8. The van der Waals surface area contributed by atoms with Crippen molar-refractivity contribution in [3.8, 4) is 5.88 Å². The van der Waals surface area contributed by atoms with E-state index in [0.29, 0.717) is 5.88 Å². The Labute approximate surface area is 125 Å². The van der Waals surface area contributed by atoms with Crippen LogP contribution < -0.4 is 10.1 Å². The summed E-state index contributed by atoms with van der Waals surface area (Å²) < 4.78 is 8.18. The van der Waals surface area contributed by atoms with Crippen LogP contribution in [0, 0.1) is 0 Å². The van der Waals surface area contributed by atoms with Gasteiger partial charge in [-0.15, -0.1) is 0 Å². The van der Waals surface area contributed by atoms with E-state index in [2.05, 4.69) is 22.2 Å². The second kappa shape index (κ2) is 6.78. The highest BCUT2D eigenvalue weighted by molar-refractivity contribution is 5.53. The molecule has 0 amide bonds. The SMILES string of the molecule is CCCNc1cn2ccnc2c(OC2CCCCCC2)n1. The summed E-state index contributed by atoms with van der Waals surface area (Å²) in [5, 5.41) is 3.33. The zero-order valence-corrected chi connectivity index (χ0v) is 12.7. The first-order valence-corrected chi connectivity index (χ1v) is 8.11. The Kier molecular flexibility index (Phi) is 4.58. The van der Waals surface area contributed by atoms with Crippen LogP contribution in [0.5, 0.6) is 5.88 Å². The minimum Gasteiger partial charge on any atom is -0.472 e. The lowest BCUT2D eigenvalue weighted by molar-refractivity contribution is 0.178. The molecule has 1 fully saturated rings. The highest BCUT2D eigenvalue weighted by Crippen LogP contribution is 2.25. The number of hydrogen-bond donors (Lipinski definition) is 1. The van der Waals surface area contributed by atoms with Gasteiger partial charge in [0, 0.05) is 18.9 Å². The third kappa shape index (κ3) is 3.46. The second-order valence-corrected chi connectivity index (χ2v) is 5.75. The molecule has 2 aromatic heterocycles. The molecule has 114 valence electrons. The number of nitrogens with zero attached hydrogens (tertiary/aromatic N) is 3. The van der Waals surface area contributed by atoms with Crippen LogP contribution in [0.15, 0.2) is 18.6 Å². The topological polar surface area (TPSA) is 51.5 Å². The van der Waals surface area contributed by atoms with Crippen molar-refractivity contribution in [3.63, 3.8) is 0 Å². The fourth-order valence-electron chi connectivity index (χ4n) is 2.84. The molecular weight excluding hydrogens is 264 g/mol. The van der Waals surface area contributed by atoms with Crippen molar-refractivity contribution < 1.29 is 4.74 Å². The Bertz CT molecular complexity index is 573. The van der Waals surface area contributed by atoms with Gasteiger partial charge in [-0.2, -0.15) is 4.98 Å². The van der Waals surface area contributed by atoms with E-state index >= 15 is 0 Å². The van der Waals surface area contributed by atoms with Gasteiger partial charge in [0.25, 0.3) is 5.88 Å². The molecule has 0 atom stereocenters. The predicted octanol–water partition coefficient (Wildman–Crippen LogP) is 3.65. The molecule has 0 saturated heterocycles. The summed E-state index contributed by atoms with van der Waals surface area (Å²) in [5.41, 5.74) is 0.807. The molecule has 1 aliphatic rings. The summed E-state index contributed by atoms with van der Waals surface area (Å²) >= 11 is 0. The molecule has 5 nitrogen and oxygen atoms in total. The van der Waals surface area contributed by atoms with Gasteiger partial charge in [-0.1, -0.05) is 19.8 Å². The Morgan fingerprint density at radius 1 is 1.29 bits per heavy atom. The van der Waals surface area contributed by atoms with Crippen LogP contribution in [0.3, 0.4) is 0 Å². The highest BCUT2D eigenvalue weighted by atomic mass is 16.5. The van der Waals surface area contributed by atoms with Crippen LogP contribution in [0.25, 0.3) is 5.65 Å². The van der Waals surface area contributed by atoms with Gasteiger partial charge in [0.1, 0.15) is 11.9 Å². The van der Waals surface area contributed by atoms with Crippen molar-refractivity contribution in [2.75, 3.05) is 11.9 Å². The number of fused-ring (bicyclic) bond motifs is 1. The molecule has 21 heavy (non-hydrogen) atoms. The number of aromatic nitrogens is 3. The average molecular weight is 288 g/mol. The smallest absolute Gasteiger partial charge is 0.260 e. The first-order chi connectivity index (χ1) is 10.4. The molecule has 0 bridgehead atoms. The number of hydrogen-bond acceptors (Lipinski definition) is 4. The van der Waals surface area contributed by atoms with E-state index in [0.717, 1.165) is 37.3 Å². The van der Waals surface area contributed by atoms with Gasteiger partial charge < -0.3 is 10.1 Å². The Hall–Kier alpha value is -1.78.